The first kappa shape index (κ1) is 17.0. The van der Waals surface area contributed by atoms with Gasteiger partial charge in [0.15, 0.2) is 5.76 Å². The van der Waals surface area contributed by atoms with Gasteiger partial charge in [-0.05, 0) is 40.6 Å². The van der Waals surface area contributed by atoms with Crippen molar-refractivity contribution in [3.05, 3.63) is 101 Å². The van der Waals surface area contributed by atoms with Crippen LogP contribution in [0.5, 0.6) is 0 Å². The number of hydrogen-bond donors (Lipinski definition) is 1. The molecule has 0 bridgehead atoms. The molecule has 0 aliphatic rings. The number of carbonyl (C=O) groups excluding carboxylic acids is 1. The first-order chi connectivity index (χ1) is 14.2. The third kappa shape index (κ3) is 2.89. The van der Waals surface area contributed by atoms with Crippen LogP contribution in [-0.4, -0.2) is 5.91 Å². The summed E-state index contributed by atoms with van der Waals surface area (Å²) in [5.74, 6) is -0.272. The van der Waals surface area contributed by atoms with Gasteiger partial charge in [-0.15, -0.1) is 0 Å². The zero-order chi connectivity index (χ0) is 19.8. The van der Waals surface area contributed by atoms with Crippen LogP contribution in [0.3, 0.4) is 0 Å². The molecule has 1 amide bonds. The van der Waals surface area contributed by atoms with E-state index in [-0.39, 0.29) is 17.1 Å². The molecule has 2 heterocycles. The number of para-hydroxylation sites is 1. The number of benzene rings is 3. The lowest BCUT2D eigenvalue weighted by Gasteiger charge is -2.12. The standard InChI is InChI=1S/C24H15NO4/c26-22-18-10-3-4-12-19(18)29-24(25-23(27)20-13-6-14-28-20)21(22)17-11-5-8-15-7-1-2-9-16(15)17/h1-14H,(H,25,27). The summed E-state index contributed by atoms with van der Waals surface area (Å²) in [6, 6.07) is 23.6. The predicted molar refractivity (Wildman–Crippen MR) is 112 cm³/mol. The fourth-order valence-corrected chi connectivity index (χ4v) is 3.49. The largest absolute Gasteiger partial charge is 0.459 e. The first-order valence-electron chi connectivity index (χ1n) is 9.11. The van der Waals surface area contributed by atoms with Crippen LogP contribution in [0.15, 0.2) is 98.8 Å². The lowest BCUT2D eigenvalue weighted by Crippen LogP contribution is -2.16. The summed E-state index contributed by atoms with van der Waals surface area (Å²) in [6.45, 7) is 0. The molecule has 0 spiro atoms. The Kier molecular flexibility index (Phi) is 3.99. The summed E-state index contributed by atoms with van der Waals surface area (Å²) in [4.78, 5) is 26.0. The fraction of sp³-hybridized carbons (Fsp3) is 0. The van der Waals surface area contributed by atoms with Crippen LogP contribution >= 0.6 is 0 Å². The number of anilines is 1. The monoisotopic (exact) mass is 381 g/mol. The quantitative estimate of drug-likeness (QED) is 0.450. The normalized spacial score (nSPS) is 11.0. The Morgan fingerprint density at radius 1 is 0.793 bits per heavy atom. The highest BCUT2D eigenvalue weighted by Gasteiger charge is 2.21. The van der Waals surface area contributed by atoms with Crippen LogP contribution in [-0.2, 0) is 0 Å². The van der Waals surface area contributed by atoms with Gasteiger partial charge >= 0.3 is 0 Å². The van der Waals surface area contributed by atoms with Crippen molar-refractivity contribution in [3.63, 3.8) is 0 Å². The maximum atomic E-state index is 13.4. The molecule has 5 aromatic rings. The number of nitrogens with one attached hydrogen (secondary N) is 1. The van der Waals surface area contributed by atoms with Crippen molar-refractivity contribution < 1.29 is 13.6 Å². The molecular formula is C24H15NO4. The number of carbonyl (C=O) groups is 1. The second-order valence-electron chi connectivity index (χ2n) is 6.59. The maximum Gasteiger partial charge on any atom is 0.293 e. The van der Waals surface area contributed by atoms with Crippen LogP contribution in [0.1, 0.15) is 10.6 Å². The van der Waals surface area contributed by atoms with Crippen LogP contribution < -0.4 is 10.7 Å². The average molecular weight is 381 g/mol. The van der Waals surface area contributed by atoms with Gasteiger partial charge in [0.1, 0.15) is 5.58 Å². The molecule has 5 nitrogen and oxygen atoms in total. The molecule has 0 atom stereocenters. The summed E-state index contributed by atoms with van der Waals surface area (Å²) in [5, 5.41) is 5.04. The van der Waals surface area contributed by atoms with Gasteiger partial charge in [0.25, 0.3) is 5.91 Å². The molecule has 5 heteroatoms. The van der Waals surface area contributed by atoms with Crippen molar-refractivity contribution in [3.8, 4) is 11.1 Å². The summed E-state index contributed by atoms with van der Waals surface area (Å²) in [7, 11) is 0. The summed E-state index contributed by atoms with van der Waals surface area (Å²) in [6.07, 6.45) is 1.41. The molecule has 5 rings (SSSR count). The molecule has 2 aromatic heterocycles. The van der Waals surface area contributed by atoms with Crippen LogP contribution in [0, 0.1) is 0 Å². The lowest BCUT2D eigenvalue weighted by atomic mass is 9.97. The Labute approximate surface area is 165 Å². The van der Waals surface area contributed by atoms with E-state index in [1.807, 2.05) is 42.5 Å². The molecule has 0 radical (unpaired) electrons. The second kappa shape index (κ2) is 6.80. The summed E-state index contributed by atoms with van der Waals surface area (Å²) in [5.41, 5.74) is 1.19. The molecule has 140 valence electrons. The zero-order valence-electron chi connectivity index (χ0n) is 15.2. The van der Waals surface area contributed by atoms with E-state index in [2.05, 4.69) is 5.32 Å². The predicted octanol–water partition coefficient (Wildman–Crippen LogP) is 5.46. The van der Waals surface area contributed by atoms with Gasteiger partial charge in [-0.1, -0.05) is 54.6 Å². The molecule has 3 aromatic carbocycles. The Morgan fingerprint density at radius 3 is 2.38 bits per heavy atom. The van der Waals surface area contributed by atoms with E-state index in [9.17, 15) is 9.59 Å². The highest BCUT2D eigenvalue weighted by Crippen LogP contribution is 2.33. The van der Waals surface area contributed by atoms with E-state index in [4.69, 9.17) is 8.83 Å². The van der Waals surface area contributed by atoms with Crippen molar-refractivity contribution >= 4 is 33.5 Å². The van der Waals surface area contributed by atoms with Crippen LogP contribution in [0.25, 0.3) is 32.9 Å². The molecule has 1 N–H and O–H groups in total. The minimum atomic E-state index is -0.491. The van der Waals surface area contributed by atoms with Gasteiger partial charge in [-0.2, -0.15) is 0 Å². The van der Waals surface area contributed by atoms with Gasteiger partial charge in [0, 0.05) is 0 Å². The van der Waals surface area contributed by atoms with Gasteiger partial charge < -0.3 is 8.83 Å². The molecule has 0 saturated carbocycles. The number of furan rings is 1. The van der Waals surface area contributed by atoms with E-state index < -0.39 is 5.91 Å². The van der Waals surface area contributed by atoms with Gasteiger partial charge in [0.05, 0.1) is 17.2 Å². The molecule has 29 heavy (non-hydrogen) atoms. The number of amides is 1. The van der Waals surface area contributed by atoms with E-state index in [0.717, 1.165) is 10.8 Å². The highest BCUT2D eigenvalue weighted by atomic mass is 16.4. The van der Waals surface area contributed by atoms with E-state index in [0.29, 0.717) is 22.1 Å². The number of rotatable bonds is 3. The molecule has 0 fully saturated rings. The number of fused-ring (bicyclic) bond motifs is 2. The third-order valence-corrected chi connectivity index (χ3v) is 4.83. The Hall–Kier alpha value is -4.12. The topological polar surface area (TPSA) is 72.5 Å². The van der Waals surface area contributed by atoms with Gasteiger partial charge in [-0.25, -0.2) is 0 Å². The van der Waals surface area contributed by atoms with Crippen molar-refractivity contribution in [1.29, 1.82) is 0 Å². The van der Waals surface area contributed by atoms with Crippen molar-refractivity contribution in [2.24, 2.45) is 0 Å². The number of hydrogen-bond acceptors (Lipinski definition) is 4. The Morgan fingerprint density at radius 2 is 1.55 bits per heavy atom. The summed E-state index contributed by atoms with van der Waals surface area (Å²) >= 11 is 0. The molecule has 0 aliphatic carbocycles. The average Bonchev–Trinajstić information content (AvgIpc) is 3.29. The minimum absolute atomic E-state index is 0.0893. The zero-order valence-corrected chi connectivity index (χ0v) is 15.2. The minimum Gasteiger partial charge on any atom is -0.459 e. The first-order valence-corrected chi connectivity index (χ1v) is 9.11. The second-order valence-corrected chi connectivity index (χ2v) is 6.59. The molecule has 0 unspecified atom stereocenters. The maximum absolute atomic E-state index is 13.4. The van der Waals surface area contributed by atoms with Crippen molar-refractivity contribution in [2.75, 3.05) is 5.32 Å². The third-order valence-electron chi connectivity index (χ3n) is 4.83. The SMILES string of the molecule is O=C(Nc1oc2ccccc2c(=O)c1-c1cccc2ccccc12)c1ccco1. The lowest BCUT2D eigenvalue weighted by molar-refractivity contribution is 0.0994. The smallest absolute Gasteiger partial charge is 0.293 e. The van der Waals surface area contributed by atoms with Gasteiger partial charge in [-0.3, -0.25) is 14.9 Å². The van der Waals surface area contributed by atoms with Gasteiger partial charge in [0.2, 0.25) is 11.3 Å². The molecular weight excluding hydrogens is 366 g/mol. The van der Waals surface area contributed by atoms with Crippen LogP contribution in [0.2, 0.25) is 0 Å². The Bertz CT molecular complexity index is 1410. The van der Waals surface area contributed by atoms with Crippen molar-refractivity contribution in [2.45, 2.75) is 0 Å². The van der Waals surface area contributed by atoms with E-state index >= 15 is 0 Å². The fourth-order valence-electron chi connectivity index (χ4n) is 3.49. The molecule has 0 saturated heterocycles. The molecule has 0 aliphatic heterocycles. The van der Waals surface area contributed by atoms with E-state index in [1.165, 1.54) is 6.26 Å². The van der Waals surface area contributed by atoms with E-state index in [1.54, 1.807) is 36.4 Å². The van der Waals surface area contributed by atoms with Crippen LogP contribution in [0.4, 0.5) is 5.88 Å². The summed E-state index contributed by atoms with van der Waals surface area (Å²) < 4.78 is 11.1. The van der Waals surface area contributed by atoms with Crippen molar-refractivity contribution in [1.82, 2.24) is 0 Å². The Balaban J connectivity index is 1.80. The highest BCUT2D eigenvalue weighted by molar-refractivity contribution is 6.07.